The fourth-order valence-electron chi connectivity index (χ4n) is 3.38. The lowest BCUT2D eigenvalue weighted by Gasteiger charge is -2.16. The number of carbonyl (C=O) groups is 1. The van der Waals surface area contributed by atoms with Gasteiger partial charge in [0.15, 0.2) is 11.6 Å². The fraction of sp³-hybridized carbons (Fsp3) is 0.273. The molecule has 1 atom stereocenters. The van der Waals surface area contributed by atoms with Crippen molar-refractivity contribution in [3.63, 3.8) is 0 Å². The van der Waals surface area contributed by atoms with Gasteiger partial charge in [-0.3, -0.25) is 14.5 Å². The van der Waals surface area contributed by atoms with Gasteiger partial charge in [-0.05, 0) is 61.7 Å². The minimum atomic E-state index is -3.84. The molecule has 1 unspecified atom stereocenters. The van der Waals surface area contributed by atoms with Crippen LogP contribution in [0.2, 0.25) is 0 Å². The van der Waals surface area contributed by atoms with Crippen LogP contribution in [0.5, 0.6) is 0 Å². The molecule has 2 N–H and O–H groups in total. The van der Waals surface area contributed by atoms with Crippen molar-refractivity contribution in [1.29, 1.82) is 0 Å². The summed E-state index contributed by atoms with van der Waals surface area (Å²) < 4.78 is 52.8. The highest BCUT2D eigenvalue weighted by atomic mass is 32.2. The molecule has 0 aliphatic heterocycles. The van der Waals surface area contributed by atoms with E-state index in [9.17, 15) is 22.0 Å². The summed E-state index contributed by atoms with van der Waals surface area (Å²) in [7, 11) is -3.84. The normalized spacial score (nSPS) is 15.0. The number of aromatic nitrogens is 1. The molecule has 0 radical (unpaired) electrons. The summed E-state index contributed by atoms with van der Waals surface area (Å²) in [5, 5.41) is 3.54. The maximum absolute atomic E-state index is 14.2. The number of anilines is 1. The molecule has 3 aromatic rings. The number of benzene rings is 2. The number of carbonyl (C=O) groups excluding carboxylic acids is 1. The SMILES string of the molecule is CC(NC(=O)c1ccc2nc(C3CC3)ccc2c1)c1cc(F)c(NS(C)(=O)=O)c(F)c1. The zero-order chi connectivity index (χ0) is 22.3. The molecule has 0 spiro atoms. The van der Waals surface area contributed by atoms with Crippen molar-refractivity contribution in [3.8, 4) is 0 Å². The van der Waals surface area contributed by atoms with Crippen LogP contribution in [0, 0.1) is 11.6 Å². The first-order valence-electron chi connectivity index (χ1n) is 9.79. The molecule has 9 heteroatoms. The van der Waals surface area contributed by atoms with Gasteiger partial charge in [-0.25, -0.2) is 17.2 Å². The highest BCUT2D eigenvalue weighted by Gasteiger charge is 2.25. The molecule has 1 aliphatic rings. The molecule has 1 amide bonds. The van der Waals surface area contributed by atoms with Crippen LogP contribution < -0.4 is 10.0 Å². The third-order valence-corrected chi connectivity index (χ3v) is 5.74. The quantitative estimate of drug-likeness (QED) is 0.594. The highest BCUT2D eigenvalue weighted by Crippen LogP contribution is 2.39. The van der Waals surface area contributed by atoms with Gasteiger partial charge in [0.05, 0.1) is 17.8 Å². The van der Waals surface area contributed by atoms with Crippen LogP contribution in [0.3, 0.4) is 0 Å². The Morgan fingerprint density at radius 2 is 1.77 bits per heavy atom. The molecule has 1 aliphatic carbocycles. The van der Waals surface area contributed by atoms with E-state index in [0.717, 1.165) is 47.8 Å². The molecule has 1 heterocycles. The maximum Gasteiger partial charge on any atom is 0.251 e. The smallest absolute Gasteiger partial charge is 0.251 e. The van der Waals surface area contributed by atoms with Crippen LogP contribution in [-0.2, 0) is 10.0 Å². The molecule has 4 rings (SSSR count). The number of hydrogen-bond donors (Lipinski definition) is 2. The summed E-state index contributed by atoms with van der Waals surface area (Å²) in [6.07, 6.45) is 3.11. The first-order chi connectivity index (χ1) is 14.6. The second-order valence-electron chi connectivity index (χ2n) is 7.85. The molecule has 6 nitrogen and oxygen atoms in total. The standard InChI is InChI=1S/C22H21F2N3O3S/c1-12(16-10-17(23)21(18(24)11-16)27-31(2,29)30)25-22(28)15-6-8-20-14(9-15)5-7-19(26-20)13-3-4-13/h5-13,27H,3-4H2,1-2H3,(H,25,28). The number of nitrogens with one attached hydrogen (secondary N) is 2. The molecule has 2 aromatic carbocycles. The first-order valence-corrected chi connectivity index (χ1v) is 11.7. The molecular weight excluding hydrogens is 424 g/mol. The Morgan fingerprint density at radius 1 is 1.10 bits per heavy atom. The Bertz CT molecular complexity index is 1270. The van der Waals surface area contributed by atoms with E-state index in [1.807, 2.05) is 16.9 Å². The number of fused-ring (bicyclic) bond motifs is 1. The number of pyridine rings is 1. The number of hydrogen-bond acceptors (Lipinski definition) is 4. The summed E-state index contributed by atoms with van der Waals surface area (Å²) in [4.78, 5) is 17.3. The summed E-state index contributed by atoms with van der Waals surface area (Å²) in [5.41, 5.74) is 1.69. The number of sulfonamides is 1. The van der Waals surface area contributed by atoms with Crippen molar-refractivity contribution in [3.05, 3.63) is 70.9 Å². The van der Waals surface area contributed by atoms with Crippen molar-refractivity contribution < 1.29 is 22.0 Å². The summed E-state index contributed by atoms with van der Waals surface area (Å²) in [6, 6.07) is 10.4. The van der Waals surface area contributed by atoms with Gasteiger partial charge >= 0.3 is 0 Å². The Balaban J connectivity index is 1.52. The monoisotopic (exact) mass is 445 g/mol. The summed E-state index contributed by atoms with van der Waals surface area (Å²) in [6.45, 7) is 1.58. The van der Waals surface area contributed by atoms with Crippen molar-refractivity contribution >= 4 is 32.5 Å². The fourth-order valence-corrected chi connectivity index (χ4v) is 3.94. The van der Waals surface area contributed by atoms with Gasteiger partial charge in [0.25, 0.3) is 5.91 Å². The average Bonchev–Trinajstić information content (AvgIpc) is 3.54. The van der Waals surface area contributed by atoms with E-state index in [1.54, 1.807) is 25.1 Å². The van der Waals surface area contributed by atoms with Gasteiger partial charge < -0.3 is 5.32 Å². The van der Waals surface area contributed by atoms with E-state index >= 15 is 0 Å². The maximum atomic E-state index is 14.2. The topological polar surface area (TPSA) is 88.2 Å². The van der Waals surface area contributed by atoms with Crippen molar-refractivity contribution in [2.75, 3.05) is 11.0 Å². The second-order valence-corrected chi connectivity index (χ2v) is 9.60. The Kier molecular flexibility index (Phi) is 5.38. The van der Waals surface area contributed by atoms with Crippen LogP contribution in [0.15, 0.2) is 42.5 Å². The molecule has 1 saturated carbocycles. The van der Waals surface area contributed by atoms with Crippen LogP contribution in [0.4, 0.5) is 14.5 Å². The van der Waals surface area contributed by atoms with Gasteiger partial charge in [-0.1, -0.05) is 6.07 Å². The number of halogens is 2. The summed E-state index contributed by atoms with van der Waals surface area (Å²) >= 11 is 0. The van der Waals surface area contributed by atoms with E-state index in [4.69, 9.17) is 0 Å². The van der Waals surface area contributed by atoms with E-state index in [2.05, 4.69) is 10.3 Å². The predicted octanol–water partition coefficient (Wildman–Crippen LogP) is 4.25. The molecule has 0 bridgehead atoms. The Morgan fingerprint density at radius 3 is 2.39 bits per heavy atom. The third kappa shape index (κ3) is 4.82. The van der Waals surface area contributed by atoms with Gasteiger partial charge in [-0.2, -0.15) is 0 Å². The lowest BCUT2D eigenvalue weighted by molar-refractivity contribution is 0.0940. The third-order valence-electron chi connectivity index (χ3n) is 5.17. The van der Waals surface area contributed by atoms with Crippen LogP contribution >= 0.6 is 0 Å². The van der Waals surface area contributed by atoms with Crippen molar-refractivity contribution in [2.45, 2.75) is 31.7 Å². The molecule has 162 valence electrons. The van der Waals surface area contributed by atoms with E-state index in [0.29, 0.717) is 11.5 Å². The first kappa shape index (κ1) is 21.2. The zero-order valence-corrected chi connectivity index (χ0v) is 17.8. The Hall–Kier alpha value is -3.07. The average molecular weight is 445 g/mol. The highest BCUT2D eigenvalue weighted by molar-refractivity contribution is 7.92. The van der Waals surface area contributed by atoms with Crippen LogP contribution in [-0.4, -0.2) is 25.6 Å². The number of nitrogens with zero attached hydrogens (tertiary/aromatic N) is 1. The zero-order valence-electron chi connectivity index (χ0n) is 16.9. The largest absolute Gasteiger partial charge is 0.346 e. The van der Waals surface area contributed by atoms with Gasteiger partial charge in [0.1, 0.15) is 5.69 Å². The van der Waals surface area contributed by atoms with Crippen molar-refractivity contribution in [1.82, 2.24) is 10.3 Å². The predicted molar refractivity (Wildman–Crippen MR) is 114 cm³/mol. The molecular formula is C22H21F2N3O3S. The van der Waals surface area contributed by atoms with Gasteiger partial charge in [-0.15, -0.1) is 0 Å². The minimum Gasteiger partial charge on any atom is -0.346 e. The summed E-state index contributed by atoms with van der Waals surface area (Å²) in [5.74, 6) is -2.00. The van der Waals surface area contributed by atoms with Crippen molar-refractivity contribution in [2.24, 2.45) is 0 Å². The molecule has 1 fully saturated rings. The van der Waals surface area contributed by atoms with Crippen LogP contribution in [0.1, 0.15) is 53.3 Å². The molecule has 31 heavy (non-hydrogen) atoms. The van der Waals surface area contributed by atoms with Gasteiger partial charge in [0.2, 0.25) is 10.0 Å². The molecule has 0 saturated heterocycles. The number of rotatable bonds is 6. The lowest BCUT2D eigenvalue weighted by atomic mass is 10.1. The minimum absolute atomic E-state index is 0.166. The Labute approximate surface area is 178 Å². The number of amides is 1. The second kappa shape index (κ2) is 7.88. The van der Waals surface area contributed by atoms with E-state index < -0.39 is 39.3 Å². The lowest BCUT2D eigenvalue weighted by Crippen LogP contribution is -2.27. The van der Waals surface area contributed by atoms with Crippen LogP contribution in [0.25, 0.3) is 10.9 Å². The van der Waals surface area contributed by atoms with E-state index in [-0.39, 0.29) is 5.56 Å². The van der Waals surface area contributed by atoms with E-state index in [1.165, 1.54) is 0 Å². The van der Waals surface area contributed by atoms with Gasteiger partial charge in [0, 0.05) is 22.6 Å². The molecule has 1 aromatic heterocycles.